The van der Waals surface area contributed by atoms with Gasteiger partial charge in [-0.25, -0.2) is 0 Å². The number of ether oxygens (including phenoxy) is 2. The van der Waals surface area contributed by atoms with E-state index in [1.807, 2.05) is 53.1 Å². The number of carbonyl (C=O) groups excluding carboxylic acids is 1. The van der Waals surface area contributed by atoms with E-state index in [1.165, 1.54) is 0 Å². The second kappa shape index (κ2) is 8.24. The zero-order chi connectivity index (χ0) is 20.5. The van der Waals surface area contributed by atoms with Crippen LogP contribution < -0.4 is 9.47 Å². The summed E-state index contributed by atoms with van der Waals surface area (Å²) in [6.07, 6.45) is 0.864. The molecule has 2 aliphatic rings. The normalized spacial score (nSPS) is 18.3. The lowest BCUT2D eigenvalue weighted by atomic mass is 10.1. The standard InChI is InChI=1S/C22H20ClN3O3S/c23-16-4-2-1-3-15(16)21-7-8-26(9-10-30-21)22(27)18-12-17(24-25-18)14-5-6-19-20(11-14)29-13-28-19/h1-6,11-12,21H,7-10,13H2,(H,24,25). The van der Waals surface area contributed by atoms with Gasteiger partial charge >= 0.3 is 0 Å². The Kier molecular flexibility index (Phi) is 5.31. The molecule has 1 fully saturated rings. The van der Waals surface area contributed by atoms with Gasteiger partial charge in [0.25, 0.3) is 5.91 Å². The van der Waals surface area contributed by atoms with E-state index in [2.05, 4.69) is 16.3 Å². The van der Waals surface area contributed by atoms with Crippen LogP contribution in [0.15, 0.2) is 48.5 Å². The summed E-state index contributed by atoms with van der Waals surface area (Å²) >= 11 is 8.23. The van der Waals surface area contributed by atoms with Crippen LogP contribution in [0.5, 0.6) is 11.5 Å². The lowest BCUT2D eigenvalue weighted by Gasteiger charge is -2.19. The Labute approximate surface area is 183 Å². The highest BCUT2D eigenvalue weighted by molar-refractivity contribution is 7.99. The van der Waals surface area contributed by atoms with Crippen molar-refractivity contribution in [2.24, 2.45) is 0 Å². The molecule has 0 bridgehead atoms. The molecule has 1 N–H and O–H groups in total. The van der Waals surface area contributed by atoms with Crippen molar-refractivity contribution in [3.05, 3.63) is 64.8 Å². The fourth-order valence-corrected chi connectivity index (χ4v) is 5.36. The predicted molar refractivity (Wildman–Crippen MR) is 117 cm³/mol. The van der Waals surface area contributed by atoms with Gasteiger partial charge < -0.3 is 14.4 Å². The fourth-order valence-electron chi connectivity index (χ4n) is 3.76. The Morgan fingerprint density at radius 2 is 2.00 bits per heavy atom. The number of halogens is 1. The highest BCUT2D eigenvalue weighted by Crippen LogP contribution is 2.38. The maximum Gasteiger partial charge on any atom is 0.271 e. The first-order chi connectivity index (χ1) is 14.7. The summed E-state index contributed by atoms with van der Waals surface area (Å²) in [5, 5.41) is 8.32. The van der Waals surface area contributed by atoms with Crippen LogP contribution in [0.3, 0.4) is 0 Å². The van der Waals surface area contributed by atoms with Crippen molar-refractivity contribution in [2.45, 2.75) is 11.7 Å². The molecule has 1 saturated heterocycles. The second-order valence-corrected chi connectivity index (χ2v) is 8.91. The molecule has 6 nitrogen and oxygen atoms in total. The Morgan fingerprint density at radius 1 is 1.13 bits per heavy atom. The van der Waals surface area contributed by atoms with E-state index in [0.717, 1.165) is 34.1 Å². The number of H-pyrrole nitrogens is 1. The van der Waals surface area contributed by atoms with E-state index in [1.54, 1.807) is 6.07 Å². The predicted octanol–water partition coefficient (Wildman–Crippen LogP) is 4.78. The average Bonchev–Trinajstić information content (AvgIpc) is 3.38. The number of amides is 1. The van der Waals surface area contributed by atoms with Crippen molar-refractivity contribution in [1.29, 1.82) is 0 Å². The number of hydrogen-bond donors (Lipinski definition) is 1. The van der Waals surface area contributed by atoms with Crippen LogP contribution in [-0.2, 0) is 0 Å². The molecule has 1 aromatic heterocycles. The molecule has 5 rings (SSSR count). The van der Waals surface area contributed by atoms with Gasteiger partial charge in [-0.1, -0.05) is 29.8 Å². The number of fused-ring (bicyclic) bond motifs is 1. The molecular weight excluding hydrogens is 422 g/mol. The third-order valence-corrected chi connectivity index (χ3v) is 7.01. The number of benzene rings is 2. The van der Waals surface area contributed by atoms with Gasteiger partial charge in [0.15, 0.2) is 11.5 Å². The van der Waals surface area contributed by atoms with Gasteiger partial charge in [0.2, 0.25) is 6.79 Å². The Hall–Kier alpha value is -2.64. The zero-order valence-electron chi connectivity index (χ0n) is 16.1. The van der Waals surface area contributed by atoms with E-state index in [0.29, 0.717) is 35.5 Å². The molecule has 0 spiro atoms. The van der Waals surface area contributed by atoms with Gasteiger partial charge in [-0.05, 0) is 42.3 Å². The Bertz CT molecular complexity index is 1090. The second-order valence-electron chi connectivity index (χ2n) is 7.20. The average molecular weight is 442 g/mol. The third-order valence-electron chi connectivity index (χ3n) is 5.36. The summed E-state index contributed by atoms with van der Waals surface area (Å²) in [5.74, 6) is 2.25. The van der Waals surface area contributed by atoms with Crippen LogP contribution in [0.4, 0.5) is 0 Å². The number of aromatic nitrogens is 2. The maximum atomic E-state index is 13.1. The van der Waals surface area contributed by atoms with Gasteiger partial charge in [-0.3, -0.25) is 9.89 Å². The van der Waals surface area contributed by atoms with Crippen molar-refractivity contribution in [2.75, 3.05) is 25.6 Å². The molecular formula is C22H20ClN3O3S. The van der Waals surface area contributed by atoms with Crippen molar-refractivity contribution >= 4 is 29.3 Å². The molecule has 1 atom stereocenters. The number of nitrogens with one attached hydrogen (secondary N) is 1. The Morgan fingerprint density at radius 3 is 2.90 bits per heavy atom. The smallest absolute Gasteiger partial charge is 0.271 e. The monoisotopic (exact) mass is 441 g/mol. The number of carbonyl (C=O) groups is 1. The van der Waals surface area contributed by atoms with Crippen LogP contribution in [0.1, 0.15) is 27.7 Å². The first-order valence-electron chi connectivity index (χ1n) is 9.80. The minimum atomic E-state index is -0.0325. The topological polar surface area (TPSA) is 67.5 Å². The van der Waals surface area contributed by atoms with Crippen molar-refractivity contribution in [3.8, 4) is 22.8 Å². The zero-order valence-corrected chi connectivity index (χ0v) is 17.7. The minimum Gasteiger partial charge on any atom is -0.454 e. The van der Waals surface area contributed by atoms with Gasteiger partial charge in [0, 0.05) is 34.7 Å². The molecule has 30 heavy (non-hydrogen) atoms. The van der Waals surface area contributed by atoms with E-state index in [4.69, 9.17) is 21.1 Å². The molecule has 8 heteroatoms. The molecule has 0 aliphatic carbocycles. The molecule has 0 saturated carbocycles. The van der Waals surface area contributed by atoms with Crippen molar-refractivity contribution in [1.82, 2.24) is 15.1 Å². The summed E-state index contributed by atoms with van der Waals surface area (Å²) in [7, 11) is 0. The van der Waals surface area contributed by atoms with E-state index >= 15 is 0 Å². The summed E-state index contributed by atoms with van der Waals surface area (Å²) < 4.78 is 10.8. The lowest BCUT2D eigenvalue weighted by Crippen LogP contribution is -2.33. The van der Waals surface area contributed by atoms with Crippen LogP contribution in [0.2, 0.25) is 5.02 Å². The summed E-state index contributed by atoms with van der Waals surface area (Å²) in [6.45, 7) is 1.61. The van der Waals surface area contributed by atoms with E-state index < -0.39 is 0 Å². The van der Waals surface area contributed by atoms with Crippen LogP contribution in [0, 0.1) is 0 Å². The van der Waals surface area contributed by atoms with Gasteiger partial charge in [-0.2, -0.15) is 16.9 Å². The van der Waals surface area contributed by atoms with Gasteiger partial charge in [-0.15, -0.1) is 0 Å². The molecule has 1 unspecified atom stereocenters. The number of hydrogen-bond acceptors (Lipinski definition) is 5. The van der Waals surface area contributed by atoms with Crippen LogP contribution in [0.25, 0.3) is 11.3 Å². The first-order valence-corrected chi connectivity index (χ1v) is 11.2. The number of aromatic amines is 1. The molecule has 2 aliphatic heterocycles. The molecule has 1 amide bonds. The highest BCUT2D eigenvalue weighted by atomic mass is 35.5. The molecule has 2 aromatic carbocycles. The largest absolute Gasteiger partial charge is 0.454 e. The SMILES string of the molecule is O=C(c1cc(-c2ccc3c(c2)OCO3)n[nH]1)N1CCSC(c2ccccc2Cl)CC1. The maximum absolute atomic E-state index is 13.1. The van der Waals surface area contributed by atoms with E-state index in [9.17, 15) is 4.79 Å². The number of rotatable bonds is 3. The Balaban J connectivity index is 1.29. The van der Waals surface area contributed by atoms with Gasteiger partial charge in [0.05, 0.1) is 5.69 Å². The van der Waals surface area contributed by atoms with Gasteiger partial charge in [0.1, 0.15) is 5.69 Å². The third kappa shape index (κ3) is 3.75. The quantitative estimate of drug-likeness (QED) is 0.633. The van der Waals surface area contributed by atoms with Crippen LogP contribution in [-0.4, -0.2) is 46.6 Å². The van der Waals surface area contributed by atoms with E-state index in [-0.39, 0.29) is 12.7 Å². The summed E-state index contributed by atoms with van der Waals surface area (Å²) in [4.78, 5) is 15.0. The molecule has 154 valence electrons. The lowest BCUT2D eigenvalue weighted by molar-refractivity contribution is 0.0760. The molecule has 3 heterocycles. The minimum absolute atomic E-state index is 0.0325. The fraction of sp³-hybridized carbons (Fsp3) is 0.273. The van der Waals surface area contributed by atoms with Crippen molar-refractivity contribution in [3.63, 3.8) is 0 Å². The van der Waals surface area contributed by atoms with Crippen molar-refractivity contribution < 1.29 is 14.3 Å². The first kappa shape index (κ1) is 19.3. The molecule has 0 radical (unpaired) electrons. The highest BCUT2D eigenvalue weighted by Gasteiger charge is 2.25. The summed E-state index contributed by atoms with van der Waals surface area (Å²) in [5.41, 5.74) is 3.21. The molecule has 3 aromatic rings. The number of thioether (sulfide) groups is 1. The number of nitrogens with zero attached hydrogens (tertiary/aromatic N) is 2. The van der Waals surface area contributed by atoms with Crippen LogP contribution >= 0.6 is 23.4 Å². The summed E-state index contributed by atoms with van der Waals surface area (Å²) in [6, 6.07) is 15.4.